The summed E-state index contributed by atoms with van der Waals surface area (Å²) in [4.78, 5) is 36.9. The van der Waals surface area contributed by atoms with Gasteiger partial charge in [-0.1, -0.05) is 23.2 Å². The number of piperidine rings is 1. The molecule has 1 aromatic carbocycles. The van der Waals surface area contributed by atoms with Crippen LogP contribution in [0.3, 0.4) is 0 Å². The molecule has 0 unspecified atom stereocenters. The van der Waals surface area contributed by atoms with Crippen molar-refractivity contribution in [1.82, 2.24) is 15.5 Å². The van der Waals surface area contributed by atoms with Gasteiger partial charge >= 0.3 is 18.2 Å². The summed E-state index contributed by atoms with van der Waals surface area (Å²) in [5, 5.41) is 5.14. The number of ether oxygens (including phenoxy) is 1. The van der Waals surface area contributed by atoms with E-state index in [1.165, 1.54) is 6.07 Å². The lowest BCUT2D eigenvalue weighted by molar-refractivity contribution is -0.189. The van der Waals surface area contributed by atoms with Crippen molar-refractivity contribution in [2.45, 2.75) is 25.1 Å². The zero-order chi connectivity index (χ0) is 23.6. The summed E-state index contributed by atoms with van der Waals surface area (Å²) < 4.78 is 42.5. The van der Waals surface area contributed by atoms with E-state index in [1.54, 1.807) is 4.90 Å². The largest absolute Gasteiger partial charge is 0.491 e. The lowest BCUT2D eigenvalue weighted by Crippen LogP contribution is -2.54. The van der Waals surface area contributed by atoms with Crippen LogP contribution in [0, 0.1) is 11.8 Å². The Kier molecular flexibility index (Phi) is 7.41. The lowest BCUT2D eigenvalue weighted by atomic mass is 9.85. The zero-order valence-electron chi connectivity index (χ0n) is 16.7. The highest BCUT2D eigenvalue weighted by Crippen LogP contribution is 2.39. The molecular formula is C19H21Cl2F3N4O4. The fraction of sp³-hybridized carbons (Fsp3) is 0.526. The number of urea groups is 1. The molecule has 32 heavy (non-hydrogen) atoms. The second kappa shape index (κ2) is 9.72. The molecule has 0 spiro atoms. The third-order valence-corrected chi connectivity index (χ3v) is 6.29. The molecule has 0 bridgehead atoms. The molecule has 2 aliphatic rings. The second-order valence-electron chi connectivity index (χ2n) is 7.67. The van der Waals surface area contributed by atoms with E-state index in [9.17, 15) is 27.6 Å². The number of esters is 1. The summed E-state index contributed by atoms with van der Waals surface area (Å²) in [6, 6.07) is 1.21. The first-order valence-corrected chi connectivity index (χ1v) is 10.6. The van der Waals surface area contributed by atoms with Gasteiger partial charge in [0.1, 0.15) is 5.75 Å². The Labute approximate surface area is 191 Å². The van der Waals surface area contributed by atoms with Crippen molar-refractivity contribution in [3.63, 3.8) is 0 Å². The summed E-state index contributed by atoms with van der Waals surface area (Å²) in [6.45, 7) is 1.28. The number of nitrogens with one attached hydrogen (secondary N) is 2. The van der Waals surface area contributed by atoms with E-state index in [2.05, 4.69) is 15.4 Å². The van der Waals surface area contributed by atoms with E-state index in [0.29, 0.717) is 25.9 Å². The summed E-state index contributed by atoms with van der Waals surface area (Å²) in [7, 11) is 0. The molecule has 3 rings (SSSR count). The predicted molar refractivity (Wildman–Crippen MR) is 109 cm³/mol. The molecule has 2 fully saturated rings. The lowest BCUT2D eigenvalue weighted by Gasteiger charge is -2.37. The quantitative estimate of drug-likeness (QED) is 0.437. The van der Waals surface area contributed by atoms with E-state index in [0.717, 1.165) is 6.07 Å². The maximum Gasteiger partial charge on any atom is 0.491 e. The van der Waals surface area contributed by atoms with E-state index < -0.39 is 23.9 Å². The summed E-state index contributed by atoms with van der Waals surface area (Å²) in [5.74, 6) is -3.47. The van der Waals surface area contributed by atoms with Crippen molar-refractivity contribution in [2.24, 2.45) is 17.6 Å². The Morgan fingerprint density at radius 2 is 1.69 bits per heavy atom. The number of nitrogens with zero attached hydrogens (tertiary/aromatic N) is 1. The molecular weight excluding hydrogens is 476 g/mol. The molecule has 2 heterocycles. The first kappa shape index (κ1) is 24.4. The molecule has 4 N–H and O–H groups in total. The number of hydrogen-bond donors (Lipinski definition) is 3. The van der Waals surface area contributed by atoms with Gasteiger partial charge in [-0.15, -0.1) is 0 Å². The highest BCUT2D eigenvalue weighted by molar-refractivity contribution is 6.42. The number of amides is 3. The molecule has 2 aliphatic heterocycles. The monoisotopic (exact) mass is 496 g/mol. The number of nitrogens with two attached hydrogens (primary N) is 1. The molecule has 1 atom stereocenters. The smallest absolute Gasteiger partial charge is 0.419 e. The molecule has 1 aromatic rings. The maximum absolute atomic E-state index is 12.7. The van der Waals surface area contributed by atoms with Crippen molar-refractivity contribution in [1.29, 1.82) is 0 Å². The average Bonchev–Trinajstić information content (AvgIpc) is 2.75. The van der Waals surface area contributed by atoms with Crippen LogP contribution >= 0.6 is 23.2 Å². The number of benzene rings is 1. The number of halogens is 5. The number of hydrogen-bond acceptors (Lipinski definition) is 5. The van der Waals surface area contributed by atoms with Crippen LogP contribution in [0.2, 0.25) is 10.0 Å². The van der Waals surface area contributed by atoms with E-state index in [4.69, 9.17) is 28.9 Å². The number of likely N-dealkylation sites (tertiary alicyclic amines) is 1. The van der Waals surface area contributed by atoms with Gasteiger partial charge in [0.15, 0.2) is 0 Å². The average molecular weight is 497 g/mol. The Hall–Kier alpha value is -2.24. The van der Waals surface area contributed by atoms with Crippen LogP contribution in [0.1, 0.15) is 24.4 Å². The molecule has 0 aliphatic carbocycles. The van der Waals surface area contributed by atoms with Crippen molar-refractivity contribution < 1.29 is 32.3 Å². The Morgan fingerprint density at radius 3 is 2.25 bits per heavy atom. The normalized spacial score (nSPS) is 19.2. The molecule has 0 aromatic heterocycles. The minimum atomic E-state index is -5.19. The molecule has 176 valence electrons. The van der Waals surface area contributed by atoms with Gasteiger partial charge in [-0.3, -0.25) is 4.79 Å². The summed E-state index contributed by atoms with van der Waals surface area (Å²) in [6.07, 6.45) is -4.23. The van der Waals surface area contributed by atoms with Crippen LogP contribution in [0.25, 0.3) is 0 Å². The van der Waals surface area contributed by atoms with Crippen molar-refractivity contribution >= 4 is 41.1 Å². The van der Waals surface area contributed by atoms with Crippen LogP contribution in [-0.2, 0) is 9.59 Å². The third kappa shape index (κ3) is 5.57. The van der Waals surface area contributed by atoms with Gasteiger partial charge in [-0.25, -0.2) is 9.59 Å². The second-order valence-corrected chi connectivity index (χ2v) is 8.48. The van der Waals surface area contributed by atoms with Gasteiger partial charge < -0.3 is 26.0 Å². The maximum atomic E-state index is 12.7. The van der Waals surface area contributed by atoms with Crippen LogP contribution < -0.4 is 21.1 Å². The van der Waals surface area contributed by atoms with Crippen LogP contribution in [0.4, 0.5) is 18.0 Å². The fourth-order valence-corrected chi connectivity index (χ4v) is 4.11. The Bertz CT molecular complexity index is 897. The number of alkyl halides is 3. The van der Waals surface area contributed by atoms with E-state index >= 15 is 0 Å². The van der Waals surface area contributed by atoms with E-state index in [-0.39, 0.29) is 52.5 Å². The fourth-order valence-electron chi connectivity index (χ4n) is 3.78. The predicted octanol–water partition coefficient (Wildman–Crippen LogP) is 2.63. The van der Waals surface area contributed by atoms with Crippen molar-refractivity contribution in [3.05, 3.63) is 27.7 Å². The van der Waals surface area contributed by atoms with Gasteiger partial charge in [0.2, 0.25) is 5.91 Å². The molecule has 3 amide bonds. The Balaban J connectivity index is 1.68. The third-order valence-electron chi connectivity index (χ3n) is 5.57. The van der Waals surface area contributed by atoms with Crippen molar-refractivity contribution in [3.8, 4) is 5.75 Å². The molecule has 13 heteroatoms. The van der Waals surface area contributed by atoms with Crippen molar-refractivity contribution in [2.75, 3.05) is 26.2 Å². The standard InChI is InChI=1S/C19H21Cl2F3N4O4/c20-12-5-11(14(6-13(12)21)32-17(30)19(22,23)24)15(25)9-1-3-28(4-2-9)16(29)10-7-26-18(31)27-8-10/h5-6,9-10,15H,1-4,7-8,25H2,(H2,26,27,31)/t15-/m1/s1. The Morgan fingerprint density at radius 1 is 1.12 bits per heavy atom. The minimum Gasteiger partial charge on any atom is -0.419 e. The van der Waals surface area contributed by atoms with Gasteiger partial charge in [0, 0.05) is 43.9 Å². The molecule has 8 nitrogen and oxygen atoms in total. The minimum absolute atomic E-state index is 0.0587. The van der Waals surface area contributed by atoms with Gasteiger partial charge in [-0.05, 0) is 24.8 Å². The number of carbonyl (C=O) groups is 3. The number of rotatable bonds is 4. The number of carbonyl (C=O) groups excluding carboxylic acids is 3. The van der Waals surface area contributed by atoms with Crippen LogP contribution in [0.5, 0.6) is 5.75 Å². The van der Waals surface area contributed by atoms with Crippen LogP contribution in [0.15, 0.2) is 12.1 Å². The van der Waals surface area contributed by atoms with Gasteiger partial charge in [0.05, 0.1) is 16.0 Å². The first-order chi connectivity index (χ1) is 15.0. The zero-order valence-corrected chi connectivity index (χ0v) is 18.2. The summed E-state index contributed by atoms with van der Waals surface area (Å²) in [5.41, 5.74) is 6.44. The highest BCUT2D eigenvalue weighted by Gasteiger charge is 2.42. The SMILES string of the molecule is N[C@@H](c1cc(Cl)c(Cl)cc1OC(=O)C(F)(F)F)C1CCN(C(=O)C2CNC(=O)NC2)CC1. The van der Waals surface area contributed by atoms with Gasteiger partial charge in [0.25, 0.3) is 0 Å². The molecule has 2 saturated heterocycles. The van der Waals surface area contributed by atoms with Crippen LogP contribution in [-0.4, -0.2) is 55.2 Å². The van der Waals surface area contributed by atoms with E-state index in [1.807, 2.05) is 0 Å². The topological polar surface area (TPSA) is 114 Å². The molecule has 0 radical (unpaired) electrons. The van der Waals surface area contributed by atoms with Gasteiger partial charge in [-0.2, -0.15) is 13.2 Å². The summed E-state index contributed by atoms with van der Waals surface area (Å²) >= 11 is 11.9. The highest BCUT2D eigenvalue weighted by atomic mass is 35.5. The molecule has 0 saturated carbocycles. The first-order valence-electron chi connectivity index (χ1n) is 9.81.